The van der Waals surface area contributed by atoms with Crippen LogP contribution in [0.4, 0.5) is 27.8 Å². The lowest BCUT2D eigenvalue weighted by Gasteiger charge is -2.34. The first-order chi connectivity index (χ1) is 17.2. The molecule has 2 saturated heterocycles. The molecular weight excluding hydrogens is 458 g/mol. The van der Waals surface area contributed by atoms with Crippen LogP contribution in [-0.4, -0.2) is 67.9 Å². The first-order valence-electron chi connectivity index (χ1n) is 12.6. The lowest BCUT2D eigenvalue weighted by atomic mass is 10.1. The van der Waals surface area contributed by atoms with Crippen LogP contribution in [0.2, 0.25) is 0 Å². The minimum Gasteiger partial charge on any atom is -0.444 e. The Bertz CT molecular complexity index is 1060. The van der Waals surface area contributed by atoms with Crippen LogP contribution in [0.1, 0.15) is 44.0 Å². The summed E-state index contributed by atoms with van der Waals surface area (Å²) in [5.74, 6) is 0.588. The van der Waals surface area contributed by atoms with Crippen molar-refractivity contribution < 1.29 is 14.3 Å². The number of pyridine rings is 1. The zero-order valence-electron chi connectivity index (χ0n) is 21.3. The molecule has 1 aromatic carbocycles. The number of anilines is 4. The smallest absolute Gasteiger partial charge is 0.407 e. The molecule has 0 spiro atoms. The molecule has 5 N–H and O–H groups in total. The van der Waals surface area contributed by atoms with Gasteiger partial charge in [0, 0.05) is 56.7 Å². The van der Waals surface area contributed by atoms with E-state index in [4.69, 9.17) is 15.5 Å². The molecule has 10 heteroatoms. The van der Waals surface area contributed by atoms with E-state index in [1.165, 1.54) is 0 Å². The van der Waals surface area contributed by atoms with Gasteiger partial charge in [-0.1, -0.05) is 0 Å². The number of nitrogens with two attached hydrogens (primary N) is 1. The van der Waals surface area contributed by atoms with Crippen molar-refractivity contribution in [1.82, 2.24) is 15.6 Å². The topological polar surface area (TPSA) is 125 Å². The van der Waals surface area contributed by atoms with Crippen molar-refractivity contribution in [1.29, 1.82) is 0 Å². The number of benzene rings is 1. The lowest BCUT2D eigenvalue weighted by molar-refractivity contribution is 0.0499. The Balaban J connectivity index is 1.46. The number of hydrogen-bond donors (Lipinski definition) is 4. The van der Waals surface area contributed by atoms with Gasteiger partial charge in [-0.3, -0.25) is 4.79 Å². The molecule has 36 heavy (non-hydrogen) atoms. The highest BCUT2D eigenvalue weighted by Crippen LogP contribution is 2.26. The van der Waals surface area contributed by atoms with Gasteiger partial charge in [-0.25, -0.2) is 9.78 Å². The molecule has 1 aromatic heterocycles. The van der Waals surface area contributed by atoms with Crippen LogP contribution in [0.3, 0.4) is 0 Å². The van der Waals surface area contributed by atoms with Gasteiger partial charge >= 0.3 is 6.09 Å². The SMILES string of the molecule is CC(C)(C)OC(=O)NC1CCCN(c2ccc(C(N)=O)c(Nc3ccc(N4CCNCC4)cc3)n2)C1. The second-order valence-electron chi connectivity index (χ2n) is 10.3. The molecule has 10 nitrogen and oxygen atoms in total. The third kappa shape index (κ3) is 6.78. The molecule has 1 unspecified atom stereocenters. The van der Waals surface area contributed by atoms with Gasteiger partial charge in [0.2, 0.25) is 0 Å². The Morgan fingerprint density at radius 1 is 1.06 bits per heavy atom. The van der Waals surface area contributed by atoms with Gasteiger partial charge < -0.3 is 36.2 Å². The van der Waals surface area contributed by atoms with Gasteiger partial charge in [-0.05, 0) is 70.0 Å². The lowest BCUT2D eigenvalue weighted by Crippen LogP contribution is -2.49. The Labute approximate surface area is 212 Å². The number of hydrogen-bond acceptors (Lipinski definition) is 8. The van der Waals surface area contributed by atoms with E-state index in [1.807, 2.05) is 32.9 Å². The maximum Gasteiger partial charge on any atom is 0.407 e. The number of piperazine rings is 1. The highest BCUT2D eigenvalue weighted by molar-refractivity contribution is 5.98. The third-order valence-corrected chi connectivity index (χ3v) is 6.22. The number of carbonyl (C=O) groups is 2. The molecule has 2 amide bonds. The summed E-state index contributed by atoms with van der Waals surface area (Å²) in [6, 6.07) is 11.6. The number of ether oxygens (including phenoxy) is 1. The first-order valence-corrected chi connectivity index (χ1v) is 12.6. The van der Waals surface area contributed by atoms with Crippen LogP contribution in [0.15, 0.2) is 36.4 Å². The van der Waals surface area contributed by atoms with Crippen molar-refractivity contribution in [2.75, 3.05) is 54.4 Å². The molecule has 3 heterocycles. The Kier molecular flexibility index (Phi) is 7.83. The van der Waals surface area contributed by atoms with E-state index in [0.29, 0.717) is 17.9 Å². The second-order valence-corrected chi connectivity index (χ2v) is 10.3. The molecular formula is C26H37N7O3. The van der Waals surface area contributed by atoms with Gasteiger partial charge in [-0.2, -0.15) is 0 Å². The minimum absolute atomic E-state index is 0.0554. The fourth-order valence-electron chi connectivity index (χ4n) is 4.51. The molecule has 0 bridgehead atoms. The van der Waals surface area contributed by atoms with Crippen LogP contribution < -0.4 is 31.5 Å². The average Bonchev–Trinajstić information content (AvgIpc) is 2.84. The number of amides is 2. The number of rotatable bonds is 6. The van der Waals surface area contributed by atoms with E-state index in [0.717, 1.165) is 62.8 Å². The molecule has 0 saturated carbocycles. The largest absolute Gasteiger partial charge is 0.444 e. The summed E-state index contributed by atoms with van der Waals surface area (Å²) in [5, 5.41) is 9.60. The molecule has 0 aliphatic carbocycles. The zero-order valence-corrected chi connectivity index (χ0v) is 21.3. The number of primary amides is 1. The molecule has 2 aromatic rings. The molecule has 2 aliphatic rings. The summed E-state index contributed by atoms with van der Waals surface area (Å²) in [7, 11) is 0. The summed E-state index contributed by atoms with van der Waals surface area (Å²) in [5.41, 5.74) is 7.40. The molecule has 1 atom stereocenters. The summed E-state index contributed by atoms with van der Waals surface area (Å²) in [4.78, 5) is 33.5. The highest BCUT2D eigenvalue weighted by atomic mass is 16.6. The zero-order chi connectivity index (χ0) is 25.7. The Morgan fingerprint density at radius 2 is 1.78 bits per heavy atom. The normalized spacial score (nSPS) is 18.5. The summed E-state index contributed by atoms with van der Waals surface area (Å²) < 4.78 is 5.40. The molecule has 4 rings (SSSR count). The number of carbonyl (C=O) groups excluding carboxylic acids is 2. The summed E-state index contributed by atoms with van der Waals surface area (Å²) in [6.45, 7) is 10.8. The van der Waals surface area contributed by atoms with Crippen LogP contribution in [0.25, 0.3) is 0 Å². The summed E-state index contributed by atoms with van der Waals surface area (Å²) >= 11 is 0. The van der Waals surface area contributed by atoms with Crippen LogP contribution in [0, 0.1) is 0 Å². The van der Waals surface area contributed by atoms with Crippen LogP contribution in [0.5, 0.6) is 0 Å². The van der Waals surface area contributed by atoms with E-state index < -0.39 is 17.6 Å². The standard InChI is InChI=1S/C26H37N7O3/c1-26(2,3)36-25(35)30-19-5-4-14-33(17-19)22-11-10-21(23(27)34)24(31-22)29-18-6-8-20(9-7-18)32-15-12-28-13-16-32/h6-11,19,28H,4-5,12-17H2,1-3H3,(H2,27,34)(H,29,31)(H,30,35). The van der Waals surface area contributed by atoms with E-state index >= 15 is 0 Å². The van der Waals surface area contributed by atoms with Crippen molar-refractivity contribution in [2.24, 2.45) is 5.73 Å². The average molecular weight is 496 g/mol. The predicted octanol–water partition coefficient (Wildman–Crippen LogP) is 2.83. The maximum atomic E-state index is 12.2. The molecule has 0 radical (unpaired) electrons. The number of piperidine rings is 1. The minimum atomic E-state index is -0.547. The second kappa shape index (κ2) is 11.0. The number of alkyl carbamates (subject to hydrolysis) is 1. The third-order valence-electron chi connectivity index (χ3n) is 6.22. The van der Waals surface area contributed by atoms with Crippen molar-refractivity contribution in [2.45, 2.75) is 45.3 Å². The van der Waals surface area contributed by atoms with Gasteiger partial charge in [0.05, 0.1) is 5.56 Å². The van der Waals surface area contributed by atoms with Crippen molar-refractivity contribution in [3.05, 3.63) is 42.0 Å². The summed E-state index contributed by atoms with van der Waals surface area (Å²) in [6.07, 6.45) is 1.34. The fourth-order valence-corrected chi connectivity index (χ4v) is 4.51. The monoisotopic (exact) mass is 495 g/mol. The van der Waals surface area contributed by atoms with Crippen molar-refractivity contribution >= 4 is 35.0 Å². The van der Waals surface area contributed by atoms with E-state index in [-0.39, 0.29) is 6.04 Å². The fraction of sp³-hybridized carbons (Fsp3) is 0.500. The molecule has 2 fully saturated rings. The van der Waals surface area contributed by atoms with Crippen LogP contribution in [-0.2, 0) is 4.74 Å². The van der Waals surface area contributed by atoms with Gasteiger partial charge in [0.1, 0.15) is 17.2 Å². The van der Waals surface area contributed by atoms with E-state index in [1.54, 1.807) is 12.1 Å². The Morgan fingerprint density at radius 3 is 2.44 bits per heavy atom. The Hall–Kier alpha value is -3.53. The first kappa shape index (κ1) is 25.6. The molecule has 2 aliphatic heterocycles. The predicted molar refractivity (Wildman–Crippen MR) is 142 cm³/mol. The van der Waals surface area contributed by atoms with Gasteiger partial charge in [-0.15, -0.1) is 0 Å². The maximum absolute atomic E-state index is 12.2. The van der Waals surface area contributed by atoms with Crippen LogP contribution >= 0.6 is 0 Å². The number of nitrogens with one attached hydrogen (secondary N) is 3. The van der Waals surface area contributed by atoms with Gasteiger partial charge in [0.25, 0.3) is 5.91 Å². The number of aromatic nitrogens is 1. The quantitative estimate of drug-likeness (QED) is 0.482. The van der Waals surface area contributed by atoms with Crippen molar-refractivity contribution in [3.8, 4) is 0 Å². The van der Waals surface area contributed by atoms with E-state index in [9.17, 15) is 9.59 Å². The highest BCUT2D eigenvalue weighted by Gasteiger charge is 2.25. The van der Waals surface area contributed by atoms with E-state index in [2.05, 4.69) is 37.9 Å². The number of nitrogens with zero attached hydrogens (tertiary/aromatic N) is 3. The molecule has 194 valence electrons. The van der Waals surface area contributed by atoms with Gasteiger partial charge in [0.15, 0.2) is 0 Å². The van der Waals surface area contributed by atoms with Crippen molar-refractivity contribution in [3.63, 3.8) is 0 Å².